The smallest absolute Gasteiger partial charge is 0.243 e. The van der Waals surface area contributed by atoms with Crippen molar-refractivity contribution in [2.75, 3.05) is 26.7 Å². The molecule has 1 amide bonds. The number of ether oxygens (including phenoxy) is 1. The minimum absolute atomic E-state index is 0.114. The van der Waals surface area contributed by atoms with Crippen LogP contribution in [0.1, 0.15) is 37.3 Å². The van der Waals surface area contributed by atoms with Crippen molar-refractivity contribution in [1.29, 1.82) is 0 Å². The van der Waals surface area contributed by atoms with Gasteiger partial charge >= 0.3 is 0 Å². The Labute approximate surface area is 178 Å². The van der Waals surface area contributed by atoms with Gasteiger partial charge in [0, 0.05) is 25.6 Å². The molecule has 2 aromatic carbocycles. The predicted octanol–water partition coefficient (Wildman–Crippen LogP) is 3.46. The highest BCUT2D eigenvalue weighted by atomic mass is 32.2. The molecule has 0 bridgehead atoms. The minimum atomic E-state index is -3.56. The van der Waals surface area contributed by atoms with Crippen molar-refractivity contribution in [3.63, 3.8) is 0 Å². The molecular formula is C23H28N2O4S. The molecule has 160 valence electrons. The third-order valence-electron chi connectivity index (χ3n) is 6.22. The summed E-state index contributed by atoms with van der Waals surface area (Å²) in [7, 11) is -2.01. The molecule has 2 heterocycles. The van der Waals surface area contributed by atoms with E-state index in [1.807, 2.05) is 23.1 Å². The number of piperidine rings is 1. The predicted molar refractivity (Wildman–Crippen MR) is 115 cm³/mol. The normalized spacial score (nSPS) is 21.0. The van der Waals surface area contributed by atoms with Gasteiger partial charge in [-0.1, -0.05) is 30.3 Å². The van der Waals surface area contributed by atoms with Crippen LogP contribution < -0.4 is 4.74 Å². The summed E-state index contributed by atoms with van der Waals surface area (Å²) < 4.78 is 32.5. The van der Waals surface area contributed by atoms with Crippen LogP contribution in [0, 0.1) is 5.92 Å². The second-order valence-electron chi connectivity index (χ2n) is 7.95. The second-order valence-corrected chi connectivity index (χ2v) is 9.89. The van der Waals surface area contributed by atoms with E-state index >= 15 is 0 Å². The first-order valence-electron chi connectivity index (χ1n) is 10.5. The summed E-state index contributed by atoms with van der Waals surface area (Å²) in [5.41, 5.74) is 1.18. The van der Waals surface area contributed by atoms with Crippen LogP contribution in [0.3, 0.4) is 0 Å². The molecule has 2 aromatic rings. The Morgan fingerprint density at radius 3 is 2.23 bits per heavy atom. The van der Waals surface area contributed by atoms with Crippen molar-refractivity contribution < 1.29 is 17.9 Å². The number of amides is 1. The average Bonchev–Trinajstić information content (AvgIpc) is 3.29. The van der Waals surface area contributed by atoms with E-state index < -0.39 is 10.0 Å². The van der Waals surface area contributed by atoms with Gasteiger partial charge in [-0.2, -0.15) is 4.31 Å². The summed E-state index contributed by atoms with van der Waals surface area (Å²) in [4.78, 5) is 15.5. The van der Waals surface area contributed by atoms with Crippen LogP contribution in [0.2, 0.25) is 0 Å². The van der Waals surface area contributed by atoms with E-state index in [-0.39, 0.29) is 22.8 Å². The van der Waals surface area contributed by atoms with Gasteiger partial charge in [0.15, 0.2) is 0 Å². The lowest BCUT2D eigenvalue weighted by atomic mass is 9.95. The summed E-state index contributed by atoms with van der Waals surface area (Å²) in [6, 6.07) is 16.8. The van der Waals surface area contributed by atoms with Crippen molar-refractivity contribution in [3.8, 4) is 5.75 Å². The number of hydrogen-bond acceptors (Lipinski definition) is 4. The molecule has 0 N–H and O–H groups in total. The number of methoxy groups -OCH3 is 1. The van der Waals surface area contributed by atoms with Gasteiger partial charge in [0.2, 0.25) is 15.9 Å². The number of rotatable bonds is 5. The Bertz CT molecular complexity index is 968. The maximum absolute atomic E-state index is 13.2. The van der Waals surface area contributed by atoms with Crippen LogP contribution in [0.25, 0.3) is 0 Å². The fourth-order valence-electron chi connectivity index (χ4n) is 4.53. The van der Waals surface area contributed by atoms with E-state index in [0.717, 1.165) is 19.4 Å². The molecule has 6 nitrogen and oxygen atoms in total. The van der Waals surface area contributed by atoms with Crippen LogP contribution in [0.4, 0.5) is 0 Å². The van der Waals surface area contributed by atoms with Gasteiger partial charge in [0.25, 0.3) is 0 Å². The molecule has 0 saturated carbocycles. The molecule has 2 saturated heterocycles. The standard InChI is InChI=1S/C23H28N2O4S/c1-29-20-9-11-21(12-10-20)30(27,28)24-16-13-19(14-17-24)23(26)25-15-5-8-22(25)18-6-3-2-4-7-18/h2-4,6-7,9-12,19,22H,5,8,13-17H2,1H3/t22-/m1/s1. The Morgan fingerprint density at radius 1 is 0.933 bits per heavy atom. The number of likely N-dealkylation sites (tertiary alicyclic amines) is 1. The number of hydrogen-bond donors (Lipinski definition) is 0. The minimum Gasteiger partial charge on any atom is -0.497 e. The van der Waals surface area contributed by atoms with Crippen LogP contribution in [0.5, 0.6) is 5.75 Å². The van der Waals surface area contributed by atoms with Gasteiger partial charge in [-0.15, -0.1) is 0 Å². The van der Waals surface area contributed by atoms with Gasteiger partial charge in [0.05, 0.1) is 18.0 Å². The van der Waals surface area contributed by atoms with E-state index in [2.05, 4.69) is 12.1 Å². The Balaban J connectivity index is 1.40. The highest BCUT2D eigenvalue weighted by molar-refractivity contribution is 7.89. The van der Waals surface area contributed by atoms with Crippen molar-refractivity contribution in [3.05, 3.63) is 60.2 Å². The van der Waals surface area contributed by atoms with E-state index in [0.29, 0.717) is 31.7 Å². The highest BCUT2D eigenvalue weighted by Gasteiger charge is 2.37. The molecule has 30 heavy (non-hydrogen) atoms. The quantitative estimate of drug-likeness (QED) is 0.732. The number of nitrogens with zero attached hydrogens (tertiary/aromatic N) is 2. The van der Waals surface area contributed by atoms with E-state index in [1.54, 1.807) is 31.4 Å². The van der Waals surface area contributed by atoms with Gasteiger partial charge in [0.1, 0.15) is 5.75 Å². The van der Waals surface area contributed by atoms with Gasteiger partial charge in [-0.3, -0.25) is 4.79 Å². The molecule has 2 aliphatic heterocycles. The van der Waals surface area contributed by atoms with Crippen molar-refractivity contribution in [1.82, 2.24) is 9.21 Å². The topological polar surface area (TPSA) is 66.9 Å². The number of carbonyl (C=O) groups is 1. The number of benzene rings is 2. The first-order valence-corrected chi connectivity index (χ1v) is 11.9. The average molecular weight is 429 g/mol. The molecule has 4 rings (SSSR count). The SMILES string of the molecule is COc1ccc(S(=O)(=O)N2CCC(C(=O)N3CCC[C@@H]3c3ccccc3)CC2)cc1. The summed E-state index contributed by atoms with van der Waals surface area (Å²) in [5.74, 6) is 0.677. The summed E-state index contributed by atoms with van der Waals surface area (Å²) >= 11 is 0. The zero-order valence-electron chi connectivity index (χ0n) is 17.2. The van der Waals surface area contributed by atoms with Crippen molar-refractivity contribution in [2.24, 2.45) is 5.92 Å². The highest BCUT2D eigenvalue weighted by Crippen LogP contribution is 2.35. The largest absolute Gasteiger partial charge is 0.497 e. The van der Waals surface area contributed by atoms with Crippen LogP contribution in [-0.4, -0.2) is 50.3 Å². The summed E-state index contributed by atoms with van der Waals surface area (Å²) in [6.45, 7) is 1.52. The van der Waals surface area contributed by atoms with Crippen LogP contribution in [-0.2, 0) is 14.8 Å². The third-order valence-corrected chi connectivity index (χ3v) is 8.13. The molecule has 0 spiro atoms. The molecule has 0 radical (unpaired) electrons. The molecule has 0 unspecified atom stereocenters. The Morgan fingerprint density at radius 2 is 1.60 bits per heavy atom. The number of sulfonamides is 1. The second kappa shape index (κ2) is 8.78. The molecule has 0 aromatic heterocycles. The Hall–Kier alpha value is -2.38. The van der Waals surface area contributed by atoms with E-state index in [9.17, 15) is 13.2 Å². The zero-order chi connectivity index (χ0) is 21.1. The zero-order valence-corrected chi connectivity index (χ0v) is 18.1. The molecule has 0 aliphatic carbocycles. The van der Waals surface area contributed by atoms with Crippen molar-refractivity contribution in [2.45, 2.75) is 36.6 Å². The maximum Gasteiger partial charge on any atom is 0.243 e. The lowest BCUT2D eigenvalue weighted by Crippen LogP contribution is -2.44. The van der Waals surface area contributed by atoms with E-state index in [4.69, 9.17) is 4.74 Å². The van der Waals surface area contributed by atoms with Crippen molar-refractivity contribution >= 4 is 15.9 Å². The lowest BCUT2D eigenvalue weighted by molar-refractivity contribution is -0.137. The molecular weight excluding hydrogens is 400 g/mol. The summed E-state index contributed by atoms with van der Waals surface area (Å²) in [5, 5.41) is 0. The van der Waals surface area contributed by atoms with E-state index in [1.165, 1.54) is 9.87 Å². The van der Waals surface area contributed by atoms with Gasteiger partial charge in [-0.05, 0) is 55.5 Å². The van der Waals surface area contributed by atoms with Crippen LogP contribution >= 0.6 is 0 Å². The fraction of sp³-hybridized carbons (Fsp3) is 0.435. The molecule has 2 fully saturated rings. The first kappa shape index (κ1) is 20.9. The Kier molecular flexibility index (Phi) is 6.11. The monoisotopic (exact) mass is 428 g/mol. The molecule has 2 aliphatic rings. The van der Waals surface area contributed by atoms with Gasteiger partial charge in [-0.25, -0.2) is 8.42 Å². The first-order chi connectivity index (χ1) is 14.5. The summed E-state index contributed by atoms with van der Waals surface area (Å²) in [6.07, 6.45) is 3.12. The molecule has 7 heteroatoms. The lowest BCUT2D eigenvalue weighted by Gasteiger charge is -2.34. The van der Waals surface area contributed by atoms with Gasteiger partial charge < -0.3 is 9.64 Å². The number of carbonyl (C=O) groups excluding carboxylic acids is 1. The fourth-order valence-corrected chi connectivity index (χ4v) is 6.00. The maximum atomic E-state index is 13.2. The molecule has 1 atom stereocenters. The van der Waals surface area contributed by atoms with Crippen LogP contribution in [0.15, 0.2) is 59.5 Å². The third kappa shape index (κ3) is 4.09.